The fourth-order valence-corrected chi connectivity index (χ4v) is 2.03. The predicted octanol–water partition coefficient (Wildman–Crippen LogP) is 1.56. The Morgan fingerprint density at radius 1 is 1.69 bits per heavy atom. The molecule has 0 aliphatic rings. The van der Waals surface area contributed by atoms with E-state index in [1.807, 2.05) is 5.38 Å². The van der Waals surface area contributed by atoms with Crippen LogP contribution in [0.4, 0.5) is 5.13 Å². The third-order valence-corrected chi connectivity index (χ3v) is 3.02. The molecule has 0 fully saturated rings. The highest BCUT2D eigenvalue weighted by Gasteiger charge is 2.10. The topological polar surface area (TPSA) is 75.6 Å². The Morgan fingerprint density at radius 2 is 2.44 bits per heavy atom. The molecule has 2 heterocycles. The Bertz CT molecular complexity index is 581. The molecule has 0 bridgehead atoms. The van der Waals surface area contributed by atoms with E-state index in [2.05, 4.69) is 20.5 Å². The van der Waals surface area contributed by atoms with Crippen molar-refractivity contribution in [1.82, 2.24) is 19.7 Å². The number of rotatable bonds is 2. The Hall–Kier alpha value is -1.54. The Balaban J connectivity index is 2.35. The normalized spacial score (nSPS) is 10.4. The quantitative estimate of drug-likeness (QED) is 0.798. The van der Waals surface area contributed by atoms with Crippen molar-refractivity contribution in [3.8, 4) is 11.5 Å². The SMILES string of the molecule is CC(=O)Nc1nc(-c2n[nH]c(=S)n2C)cs1. The van der Waals surface area contributed by atoms with Crippen molar-refractivity contribution < 1.29 is 4.79 Å². The van der Waals surface area contributed by atoms with Gasteiger partial charge in [0.2, 0.25) is 5.91 Å². The molecule has 0 atom stereocenters. The van der Waals surface area contributed by atoms with Crippen LogP contribution in [0.2, 0.25) is 0 Å². The van der Waals surface area contributed by atoms with Gasteiger partial charge in [-0.15, -0.1) is 11.3 Å². The van der Waals surface area contributed by atoms with Gasteiger partial charge in [-0.25, -0.2) is 4.98 Å². The van der Waals surface area contributed by atoms with E-state index in [9.17, 15) is 4.79 Å². The molecule has 2 rings (SSSR count). The summed E-state index contributed by atoms with van der Waals surface area (Å²) in [5.41, 5.74) is 0.684. The Morgan fingerprint density at radius 3 is 3.00 bits per heavy atom. The molecule has 0 saturated carbocycles. The minimum atomic E-state index is -0.142. The number of amides is 1. The van der Waals surface area contributed by atoms with E-state index in [1.165, 1.54) is 18.3 Å². The zero-order valence-electron chi connectivity index (χ0n) is 8.64. The number of nitrogens with one attached hydrogen (secondary N) is 2. The van der Waals surface area contributed by atoms with Crippen molar-refractivity contribution in [2.45, 2.75) is 6.92 Å². The summed E-state index contributed by atoms with van der Waals surface area (Å²) < 4.78 is 2.26. The van der Waals surface area contributed by atoms with Crippen LogP contribution in [0.3, 0.4) is 0 Å². The number of anilines is 1. The number of aromatic amines is 1. The number of carbonyl (C=O) groups excluding carboxylic acids is 1. The first-order valence-corrected chi connectivity index (χ1v) is 5.71. The van der Waals surface area contributed by atoms with Gasteiger partial charge in [0, 0.05) is 19.4 Å². The summed E-state index contributed by atoms with van der Waals surface area (Å²) in [5.74, 6) is 0.508. The molecule has 0 spiro atoms. The maximum Gasteiger partial charge on any atom is 0.223 e. The number of aromatic nitrogens is 4. The zero-order chi connectivity index (χ0) is 11.7. The Kier molecular flexibility index (Phi) is 2.84. The zero-order valence-corrected chi connectivity index (χ0v) is 10.3. The summed E-state index contributed by atoms with van der Waals surface area (Å²) in [5, 5.41) is 11.7. The van der Waals surface area contributed by atoms with Crippen LogP contribution in [0.5, 0.6) is 0 Å². The average molecular weight is 255 g/mol. The van der Waals surface area contributed by atoms with Gasteiger partial charge in [-0.2, -0.15) is 5.10 Å². The van der Waals surface area contributed by atoms with Crippen LogP contribution in [0.1, 0.15) is 6.92 Å². The van der Waals surface area contributed by atoms with Crippen LogP contribution in [0.15, 0.2) is 5.38 Å². The Labute approximate surface area is 100 Å². The van der Waals surface area contributed by atoms with Gasteiger partial charge in [0.1, 0.15) is 5.69 Å². The van der Waals surface area contributed by atoms with E-state index in [-0.39, 0.29) is 5.91 Å². The summed E-state index contributed by atoms with van der Waals surface area (Å²) in [6, 6.07) is 0. The van der Waals surface area contributed by atoms with Gasteiger partial charge >= 0.3 is 0 Å². The first-order valence-electron chi connectivity index (χ1n) is 4.43. The minimum Gasteiger partial charge on any atom is -0.302 e. The highest BCUT2D eigenvalue weighted by atomic mass is 32.1. The monoisotopic (exact) mass is 255 g/mol. The van der Waals surface area contributed by atoms with Gasteiger partial charge in [-0.3, -0.25) is 9.89 Å². The molecule has 0 radical (unpaired) electrons. The second-order valence-electron chi connectivity index (χ2n) is 3.13. The van der Waals surface area contributed by atoms with Gasteiger partial charge in [0.15, 0.2) is 15.7 Å². The van der Waals surface area contributed by atoms with Crippen LogP contribution in [0, 0.1) is 4.77 Å². The number of hydrogen-bond acceptors (Lipinski definition) is 5. The number of carbonyl (C=O) groups is 1. The van der Waals surface area contributed by atoms with Crippen molar-refractivity contribution in [1.29, 1.82) is 0 Å². The molecule has 0 saturated heterocycles. The number of thiazole rings is 1. The molecule has 16 heavy (non-hydrogen) atoms. The molecule has 2 aromatic heterocycles. The lowest BCUT2D eigenvalue weighted by Crippen LogP contribution is -2.05. The molecule has 0 aliphatic carbocycles. The fourth-order valence-electron chi connectivity index (χ4n) is 1.16. The van der Waals surface area contributed by atoms with Crippen LogP contribution < -0.4 is 5.32 Å². The second kappa shape index (κ2) is 4.14. The van der Waals surface area contributed by atoms with E-state index >= 15 is 0 Å². The summed E-state index contributed by atoms with van der Waals surface area (Å²) in [7, 11) is 1.80. The molecule has 0 aromatic carbocycles. The van der Waals surface area contributed by atoms with Crippen LogP contribution in [0.25, 0.3) is 11.5 Å². The van der Waals surface area contributed by atoms with Crippen molar-refractivity contribution in [3.63, 3.8) is 0 Å². The summed E-state index contributed by atoms with van der Waals surface area (Å²) in [4.78, 5) is 15.1. The molecule has 84 valence electrons. The summed E-state index contributed by atoms with van der Waals surface area (Å²) in [6.07, 6.45) is 0. The molecule has 8 heteroatoms. The van der Waals surface area contributed by atoms with Gasteiger partial charge in [0.05, 0.1) is 0 Å². The first-order chi connectivity index (χ1) is 7.58. The fraction of sp³-hybridized carbons (Fsp3) is 0.250. The molecule has 6 nitrogen and oxygen atoms in total. The highest BCUT2D eigenvalue weighted by molar-refractivity contribution is 7.71. The molecule has 2 aromatic rings. The second-order valence-corrected chi connectivity index (χ2v) is 4.38. The third kappa shape index (κ3) is 2.02. The maximum absolute atomic E-state index is 10.8. The smallest absolute Gasteiger partial charge is 0.223 e. The summed E-state index contributed by atoms with van der Waals surface area (Å²) >= 11 is 6.35. The van der Waals surface area contributed by atoms with E-state index in [0.29, 0.717) is 21.4 Å². The van der Waals surface area contributed by atoms with Gasteiger partial charge in [-0.1, -0.05) is 0 Å². The van der Waals surface area contributed by atoms with Crippen LogP contribution in [-0.2, 0) is 11.8 Å². The lowest BCUT2D eigenvalue weighted by Gasteiger charge is -1.95. The van der Waals surface area contributed by atoms with Gasteiger partial charge in [0.25, 0.3) is 0 Å². The van der Waals surface area contributed by atoms with E-state index in [4.69, 9.17) is 12.2 Å². The van der Waals surface area contributed by atoms with Gasteiger partial charge in [-0.05, 0) is 12.2 Å². The largest absolute Gasteiger partial charge is 0.302 e. The van der Waals surface area contributed by atoms with E-state index in [1.54, 1.807) is 11.6 Å². The number of H-pyrrole nitrogens is 1. The molecule has 0 aliphatic heterocycles. The standard InChI is InChI=1S/C8H9N5OS2/c1-4(14)9-7-10-5(3-16-7)6-11-12-8(15)13(6)2/h3H,1-2H3,(H,12,15)(H,9,10,14). The maximum atomic E-state index is 10.8. The highest BCUT2D eigenvalue weighted by Crippen LogP contribution is 2.22. The van der Waals surface area contributed by atoms with Crippen molar-refractivity contribution >= 4 is 34.6 Å². The number of hydrogen-bond donors (Lipinski definition) is 2. The van der Waals surface area contributed by atoms with Crippen molar-refractivity contribution in [3.05, 3.63) is 10.2 Å². The summed E-state index contributed by atoms with van der Waals surface area (Å²) in [6.45, 7) is 1.44. The first kappa shape index (κ1) is 11.0. The van der Waals surface area contributed by atoms with Crippen molar-refractivity contribution in [2.75, 3.05) is 5.32 Å². The average Bonchev–Trinajstić information content (AvgIpc) is 2.75. The predicted molar refractivity (Wildman–Crippen MR) is 63.8 cm³/mol. The van der Waals surface area contributed by atoms with Gasteiger partial charge < -0.3 is 9.88 Å². The van der Waals surface area contributed by atoms with E-state index < -0.39 is 0 Å². The molecular formula is C8H9N5OS2. The van der Waals surface area contributed by atoms with Crippen LogP contribution >= 0.6 is 23.6 Å². The molecule has 1 amide bonds. The lowest BCUT2D eigenvalue weighted by atomic mass is 10.5. The third-order valence-electron chi connectivity index (χ3n) is 1.90. The van der Waals surface area contributed by atoms with Crippen molar-refractivity contribution in [2.24, 2.45) is 7.05 Å². The molecular weight excluding hydrogens is 246 g/mol. The minimum absolute atomic E-state index is 0.142. The lowest BCUT2D eigenvalue weighted by molar-refractivity contribution is -0.114. The van der Waals surface area contributed by atoms with E-state index in [0.717, 1.165) is 0 Å². The molecule has 0 unspecified atom stereocenters. The number of nitrogens with zero attached hydrogens (tertiary/aromatic N) is 3. The van der Waals surface area contributed by atoms with Crippen LogP contribution in [-0.4, -0.2) is 25.7 Å². The molecule has 2 N–H and O–H groups in total.